The standard InChI is InChI=1S/C13H12N6OS.C8H7N3O2S/c20-12(18-7-11-16-2-1-3-17-11)10-6-19-13(21-10)9-4-14-8-15-5-9;12-8(13)6-3-11-7(14-6)5-1-9-4-10-2-5/h1-5,8,10H,6-7H2,(H,18,20);1-2,4,6H,3H2,(H,12,13). The maximum atomic E-state index is 12.1. The van der Waals surface area contributed by atoms with Crippen LogP contribution in [-0.4, -0.2) is 80.6 Å². The summed E-state index contributed by atoms with van der Waals surface area (Å²) in [5, 5.41) is 12.4. The Morgan fingerprint density at radius 2 is 1.37 bits per heavy atom. The summed E-state index contributed by atoms with van der Waals surface area (Å²) >= 11 is 2.67. The lowest BCUT2D eigenvalue weighted by Crippen LogP contribution is -2.33. The van der Waals surface area contributed by atoms with Crippen molar-refractivity contribution in [3.63, 3.8) is 0 Å². The number of aliphatic imine (C=N–C) groups is 2. The molecule has 2 atom stereocenters. The molecule has 0 bridgehead atoms. The van der Waals surface area contributed by atoms with Crippen molar-refractivity contribution in [2.45, 2.75) is 17.0 Å². The zero-order chi connectivity index (χ0) is 24.5. The van der Waals surface area contributed by atoms with Gasteiger partial charge in [-0.3, -0.25) is 19.6 Å². The van der Waals surface area contributed by atoms with Gasteiger partial charge in [-0.1, -0.05) is 23.5 Å². The Kier molecular flexibility index (Phi) is 8.40. The van der Waals surface area contributed by atoms with E-state index in [2.05, 4.69) is 45.2 Å². The molecule has 3 aromatic rings. The Labute approximate surface area is 208 Å². The highest BCUT2D eigenvalue weighted by atomic mass is 32.2. The predicted molar refractivity (Wildman–Crippen MR) is 131 cm³/mol. The number of nitrogens with one attached hydrogen (secondary N) is 1. The summed E-state index contributed by atoms with van der Waals surface area (Å²) in [5.41, 5.74) is 1.62. The van der Waals surface area contributed by atoms with Gasteiger partial charge in [0.1, 0.15) is 39.1 Å². The highest BCUT2D eigenvalue weighted by Crippen LogP contribution is 2.26. The maximum absolute atomic E-state index is 12.1. The average Bonchev–Trinajstić information content (AvgIpc) is 3.60. The second-order valence-electron chi connectivity index (χ2n) is 6.98. The maximum Gasteiger partial charge on any atom is 0.318 e. The summed E-state index contributed by atoms with van der Waals surface area (Å²) in [6.45, 7) is 1.10. The van der Waals surface area contributed by atoms with Crippen molar-refractivity contribution in [3.05, 3.63) is 72.9 Å². The molecule has 2 aliphatic heterocycles. The first kappa shape index (κ1) is 24.3. The van der Waals surface area contributed by atoms with E-state index in [1.165, 1.54) is 36.2 Å². The minimum Gasteiger partial charge on any atom is -0.480 e. The van der Waals surface area contributed by atoms with E-state index in [4.69, 9.17) is 5.11 Å². The van der Waals surface area contributed by atoms with E-state index in [9.17, 15) is 9.59 Å². The number of carboxylic acid groups (broad SMARTS) is 1. The van der Waals surface area contributed by atoms with Crippen LogP contribution in [0.5, 0.6) is 0 Å². The van der Waals surface area contributed by atoms with Crippen molar-refractivity contribution >= 4 is 45.5 Å². The average molecular weight is 510 g/mol. The minimum atomic E-state index is -0.828. The number of nitrogens with zero attached hydrogens (tertiary/aromatic N) is 8. The Hall–Kier alpha value is -3.78. The van der Waals surface area contributed by atoms with Crippen molar-refractivity contribution in [1.82, 2.24) is 35.2 Å². The molecule has 2 unspecified atom stereocenters. The van der Waals surface area contributed by atoms with E-state index < -0.39 is 11.2 Å². The minimum absolute atomic E-state index is 0.0666. The van der Waals surface area contributed by atoms with Crippen molar-refractivity contribution in [3.8, 4) is 0 Å². The van der Waals surface area contributed by atoms with Crippen LogP contribution in [0.2, 0.25) is 0 Å². The third-order valence-corrected chi connectivity index (χ3v) is 6.99. The van der Waals surface area contributed by atoms with E-state index in [1.807, 2.05) is 0 Å². The molecule has 12 nitrogen and oxygen atoms in total. The molecule has 0 spiro atoms. The molecule has 0 aromatic carbocycles. The summed E-state index contributed by atoms with van der Waals surface area (Å²) in [4.78, 5) is 55.0. The van der Waals surface area contributed by atoms with Gasteiger partial charge in [-0.15, -0.1) is 0 Å². The van der Waals surface area contributed by atoms with Crippen molar-refractivity contribution in [1.29, 1.82) is 0 Å². The van der Waals surface area contributed by atoms with Gasteiger partial charge in [-0.2, -0.15) is 0 Å². The number of carbonyl (C=O) groups is 2. The summed E-state index contributed by atoms with van der Waals surface area (Å²) in [5.74, 6) is -0.305. The predicted octanol–water partition coefficient (Wildman–Crippen LogP) is 0.868. The fourth-order valence-corrected chi connectivity index (χ4v) is 4.76. The Bertz CT molecular complexity index is 1210. The summed E-state index contributed by atoms with van der Waals surface area (Å²) in [6, 6.07) is 1.74. The highest BCUT2D eigenvalue weighted by molar-refractivity contribution is 8.16. The van der Waals surface area contributed by atoms with E-state index in [0.29, 0.717) is 30.5 Å². The van der Waals surface area contributed by atoms with Gasteiger partial charge in [0.25, 0.3) is 0 Å². The van der Waals surface area contributed by atoms with Gasteiger partial charge in [0.15, 0.2) is 0 Å². The van der Waals surface area contributed by atoms with Gasteiger partial charge in [0.05, 0.1) is 19.6 Å². The van der Waals surface area contributed by atoms with Gasteiger partial charge in [0.2, 0.25) is 5.91 Å². The van der Waals surface area contributed by atoms with Crippen LogP contribution < -0.4 is 5.32 Å². The summed E-state index contributed by atoms with van der Waals surface area (Å²) in [6.07, 6.45) is 12.8. The van der Waals surface area contributed by atoms with E-state index in [1.54, 1.807) is 43.2 Å². The van der Waals surface area contributed by atoms with E-state index in [-0.39, 0.29) is 11.2 Å². The zero-order valence-electron chi connectivity index (χ0n) is 18.1. The third-order valence-electron chi connectivity index (χ3n) is 4.53. The topological polar surface area (TPSA) is 168 Å². The van der Waals surface area contributed by atoms with Gasteiger partial charge in [0, 0.05) is 48.3 Å². The molecule has 2 N–H and O–H groups in total. The van der Waals surface area contributed by atoms with Crippen LogP contribution in [0.1, 0.15) is 17.0 Å². The van der Waals surface area contributed by atoms with Gasteiger partial charge < -0.3 is 10.4 Å². The van der Waals surface area contributed by atoms with Crippen LogP contribution in [0.25, 0.3) is 0 Å². The Morgan fingerprint density at radius 3 is 1.89 bits per heavy atom. The molecule has 35 heavy (non-hydrogen) atoms. The molecular weight excluding hydrogens is 490 g/mol. The fraction of sp³-hybridized carbons (Fsp3) is 0.238. The first-order chi connectivity index (χ1) is 17.1. The quantitative estimate of drug-likeness (QED) is 0.483. The summed E-state index contributed by atoms with van der Waals surface area (Å²) in [7, 11) is 0. The zero-order valence-corrected chi connectivity index (χ0v) is 19.8. The molecule has 0 saturated carbocycles. The monoisotopic (exact) mass is 509 g/mol. The molecule has 5 heterocycles. The van der Waals surface area contributed by atoms with Gasteiger partial charge in [-0.25, -0.2) is 29.9 Å². The molecular formula is C21H19N9O3S2. The molecule has 0 aliphatic carbocycles. The molecule has 178 valence electrons. The number of thioether (sulfide) groups is 2. The number of hydrogen-bond donors (Lipinski definition) is 2. The lowest BCUT2D eigenvalue weighted by Gasteiger charge is -2.08. The van der Waals surface area contributed by atoms with Crippen molar-refractivity contribution in [2.24, 2.45) is 9.98 Å². The molecule has 5 rings (SSSR count). The van der Waals surface area contributed by atoms with Crippen LogP contribution in [0, 0.1) is 0 Å². The smallest absolute Gasteiger partial charge is 0.318 e. The Balaban J connectivity index is 0.000000179. The lowest BCUT2D eigenvalue weighted by molar-refractivity contribution is -0.136. The van der Waals surface area contributed by atoms with Crippen LogP contribution >= 0.6 is 23.5 Å². The molecule has 0 saturated heterocycles. The third kappa shape index (κ3) is 6.86. The number of aliphatic carboxylic acids is 1. The van der Waals surface area contributed by atoms with Crippen LogP contribution in [0.4, 0.5) is 0 Å². The lowest BCUT2D eigenvalue weighted by atomic mass is 10.3. The molecule has 2 aliphatic rings. The molecule has 3 aromatic heterocycles. The fourth-order valence-electron chi connectivity index (χ4n) is 2.85. The summed E-state index contributed by atoms with van der Waals surface area (Å²) < 4.78 is 0. The normalized spacial score (nSPS) is 18.6. The second-order valence-corrected chi connectivity index (χ2v) is 9.36. The van der Waals surface area contributed by atoms with Gasteiger partial charge >= 0.3 is 5.97 Å². The number of amides is 1. The number of rotatable bonds is 6. The van der Waals surface area contributed by atoms with Crippen LogP contribution in [0.3, 0.4) is 0 Å². The number of hydrogen-bond acceptors (Lipinski definition) is 12. The van der Waals surface area contributed by atoms with E-state index in [0.717, 1.165) is 16.2 Å². The van der Waals surface area contributed by atoms with Crippen LogP contribution in [0.15, 0.2) is 65.9 Å². The van der Waals surface area contributed by atoms with Crippen molar-refractivity contribution in [2.75, 3.05) is 13.1 Å². The first-order valence-corrected chi connectivity index (χ1v) is 12.1. The van der Waals surface area contributed by atoms with Gasteiger partial charge in [-0.05, 0) is 6.07 Å². The molecule has 1 amide bonds. The Morgan fingerprint density at radius 1 is 0.857 bits per heavy atom. The molecule has 0 radical (unpaired) electrons. The number of carbonyl (C=O) groups excluding carboxylic acids is 1. The molecule has 0 fully saturated rings. The SMILES string of the molecule is O=C(NCc1ncccn1)C1CN=C(c2cncnc2)S1.O=C(O)C1CN=C(c2cncnc2)S1. The number of aromatic nitrogens is 6. The largest absolute Gasteiger partial charge is 0.480 e. The van der Waals surface area contributed by atoms with Crippen LogP contribution in [-0.2, 0) is 16.1 Å². The van der Waals surface area contributed by atoms with Crippen molar-refractivity contribution < 1.29 is 14.7 Å². The first-order valence-electron chi connectivity index (χ1n) is 10.3. The second kappa shape index (κ2) is 12.1. The highest BCUT2D eigenvalue weighted by Gasteiger charge is 2.28. The number of carboxylic acids is 1. The molecule has 14 heteroatoms. The van der Waals surface area contributed by atoms with E-state index >= 15 is 0 Å².